The monoisotopic (exact) mass is 415 g/mol. The lowest BCUT2D eigenvalue weighted by Gasteiger charge is -2.22. The van der Waals surface area contributed by atoms with E-state index in [1.54, 1.807) is 4.57 Å². The summed E-state index contributed by atoms with van der Waals surface area (Å²) < 4.78 is 1.70. The van der Waals surface area contributed by atoms with Gasteiger partial charge in [0.1, 0.15) is 5.03 Å². The third kappa shape index (κ3) is 5.48. The second-order valence-electron chi connectivity index (χ2n) is 7.67. The molecule has 0 bridgehead atoms. The number of aliphatic hydroxyl groups is 1. The van der Waals surface area contributed by atoms with Crippen molar-refractivity contribution in [2.24, 2.45) is 0 Å². The number of rotatable bonds is 8. The lowest BCUT2D eigenvalue weighted by Crippen LogP contribution is -2.30. The smallest absolute Gasteiger partial charge is 0.348 e. The fraction of sp³-hybridized carbons (Fsp3) is 0.500. The van der Waals surface area contributed by atoms with E-state index in [0.717, 1.165) is 42.6 Å². The Bertz CT molecular complexity index is 907. The van der Waals surface area contributed by atoms with Gasteiger partial charge in [-0.05, 0) is 55.7 Å². The van der Waals surface area contributed by atoms with Gasteiger partial charge in [0.05, 0.1) is 5.75 Å². The number of anilines is 1. The van der Waals surface area contributed by atoms with Crippen LogP contribution in [0, 0.1) is 0 Å². The summed E-state index contributed by atoms with van der Waals surface area (Å²) in [7, 11) is 0. The molecule has 1 aliphatic rings. The van der Waals surface area contributed by atoms with Crippen molar-refractivity contribution >= 4 is 23.4 Å². The van der Waals surface area contributed by atoms with Crippen LogP contribution in [-0.4, -0.2) is 32.9 Å². The average Bonchev–Trinajstić information content (AvgIpc) is 2.72. The highest BCUT2D eigenvalue weighted by molar-refractivity contribution is 8.00. The Kier molecular flexibility index (Phi) is 7.50. The first-order valence-corrected chi connectivity index (χ1v) is 11.2. The predicted molar refractivity (Wildman–Crippen MR) is 117 cm³/mol. The Morgan fingerprint density at radius 2 is 1.97 bits per heavy atom. The third-order valence-electron chi connectivity index (χ3n) is 5.19. The van der Waals surface area contributed by atoms with Gasteiger partial charge in [0.2, 0.25) is 5.91 Å². The standard InChI is InChI=1S/C22H29N3O3S/c1-15(2)16-8-10-17(11-9-16)23-20(27)14-29-21-18-6-3-4-7-19(18)25(12-5-13-26)22(28)24-21/h8-11,15,26H,3-7,12-14H2,1-2H3,(H,23,27). The molecule has 0 saturated heterocycles. The number of nitrogens with zero attached hydrogens (tertiary/aromatic N) is 2. The fourth-order valence-electron chi connectivity index (χ4n) is 3.61. The molecule has 1 aromatic heterocycles. The van der Waals surface area contributed by atoms with Crippen molar-refractivity contribution in [3.8, 4) is 0 Å². The van der Waals surface area contributed by atoms with E-state index in [2.05, 4.69) is 24.1 Å². The van der Waals surface area contributed by atoms with Crippen LogP contribution in [0.4, 0.5) is 5.69 Å². The van der Waals surface area contributed by atoms with Crippen molar-refractivity contribution in [3.63, 3.8) is 0 Å². The molecule has 3 rings (SSSR count). The summed E-state index contributed by atoms with van der Waals surface area (Å²) in [6, 6.07) is 7.88. The van der Waals surface area contributed by atoms with E-state index < -0.39 is 0 Å². The average molecular weight is 416 g/mol. The third-order valence-corrected chi connectivity index (χ3v) is 6.21. The summed E-state index contributed by atoms with van der Waals surface area (Å²) in [6.45, 7) is 4.81. The molecule has 0 spiro atoms. The molecule has 0 radical (unpaired) electrons. The quantitative estimate of drug-likeness (QED) is 0.510. The van der Waals surface area contributed by atoms with Gasteiger partial charge in [-0.3, -0.25) is 9.36 Å². The summed E-state index contributed by atoms with van der Waals surface area (Å²) in [5, 5.41) is 12.7. The SMILES string of the molecule is CC(C)c1ccc(NC(=O)CSc2nc(=O)n(CCCO)c3c2CCCC3)cc1. The Morgan fingerprint density at radius 1 is 1.24 bits per heavy atom. The minimum Gasteiger partial charge on any atom is -0.396 e. The van der Waals surface area contributed by atoms with Gasteiger partial charge in [-0.15, -0.1) is 0 Å². The van der Waals surface area contributed by atoms with Gasteiger partial charge in [-0.1, -0.05) is 37.7 Å². The van der Waals surface area contributed by atoms with Crippen LogP contribution in [0.1, 0.15) is 55.8 Å². The molecule has 0 atom stereocenters. The number of aliphatic hydroxyl groups excluding tert-OH is 1. The zero-order valence-electron chi connectivity index (χ0n) is 17.1. The van der Waals surface area contributed by atoms with Crippen LogP contribution in [-0.2, 0) is 24.2 Å². The molecular formula is C22H29N3O3S. The van der Waals surface area contributed by atoms with Gasteiger partial charge in [-0.25, -0.2) is 4.79 Å². The van der Waals surface area contributed by atoms with Crippen molar-refractivity contribution in [1.29, 1.82) is 0 Å². The fourth-order valence-corrected chi connectivity index (χ4v) is 4.49. The Morgan fingerprint density at radius 3 is 2.66 bits per heavy atom. The number of fused-ring (bicyclic) bond motifs is 1. The van der Waals surface area contributed by atoms with Gasteiger partial charge in [0.25, 0.3) is 0 Å². The van der Waals surface area contributed by atoms with Gasteiger partial charge in [0, 0.05) is 30.1 Å². The Balaban J connectivity index is 1.69. The highest BCUT2D eigenvalue weighted by atomic mass is 32.2. The lowest BCUT2D eigenvalue weighted by molar-refractivity contribution is -0.113. The van der Waals surface area contributed by atoms with Crippen molar-refractivity contribution in [3.05, 3.63) is 51.6 Å². The molecule has 1 amide bonds. The van der Waals surface area contributed by atoms with Gasteiger partial charge < -0.3 is 10.4 Å². The predicted octanol–water partition coefficient (Wildman–Crippen LogP) is 3.36. The Hall–Kier alpha value is -2.12. The number of hydrogen-bond donors (Lipinski definition) is 2. The highest BCUT2D eigenvalue weighted by Gasteiger charge is 2.21. The van der Waals surface area contributed by atoms with E-state index >= 15 is 0 Å². The highest BCUT2D eigenvalue weighted by Crippen LogP contribution is 2.28. The molecule has 0 saturated carbocycles. The first-order valence-electron chi connectivity index (χ1n) is 10.3. The second kappa shape index (κ2) is 10.1. The second-order valence-corrected chi connectivity index (χ2v) is 8.64. The number of nitrogens with one attached hydrogen (secondary N) is 1. The summed E-state index contributed by atoms with van der Waals surface area (Å²) in [5.74, 6) is 0.557. The maximum absolute atomic E-state index is 12.5. The minimum atomic E-state index is -0.286. The molecule has 2 aromatic rings. The zero-order chi connectivity index (χ0) is 20.8. The molecule has 0 unspecified atom stereocenters. The molecule has 1 aromatic carbocycles. The van der Waals surface area contributed by atoms with Crippen LogP contribution in [0.2, 0.25) is 0 Å². The van der Waals surface area contributed by atoms with E-state index in [1.807, 2.05) is 24.3 Å². The molecule has 156 valence electrons. The van der Waals surface area contributed by atoms with E-state index in [1.165, 1.54) is 17.3 Å². The van der Waals surface area contributed by atoms with E-state index in [0.29, 0.717) is 23.9 Å². The number of carbonyl (C=O) groups excluding carboxylic acids is 1. The first-order chi connectivity index (χ1) is 14.0. The van der Waals surface area contributed by atoms with E-state index in [9.17, 15) is 9.59 Å². The van der Waals surface area contributed by atoms with Crippen molar-refractivity contribution < 1.29 is 9.90 Å². The van der Waals surface area contributed by atoms with Gasteiger partial charge in [0.15, 0.2) is 0 Å². The lowest BCUT2D eigenvalue weighted by atomic mass is 9.97. The molecule has 29 heavy (non-hydrogen) atoms. The van der Waals surface area contributed by atoms with Crippen LogP contribution >= 0.6 is 11.8 Å². The van der Waals surface area contributed by atoms with Gasteiger partial charge in [-0.2, -0.15) is 4.98 Å². The summed E-state index contributed by atoms with van der Waals surface area (Å²) in [5.41, 5.74) is 3.83. The molecule has 6 nitrogen and oxygen atoms in total. The number of thioether (sulfide) groups is 1. The normalized spacial score (nSPS) is 13.4. The van der Waals surface area contributed by atoms with E-state index in [4.69, 9.17) is 5.11 Å². The maximum atomic E-state index is 12.5. The van der Waals surface area contributed by atoms with Crippen LogP contribution in [0.15, 0.2) is 34.1 Å². The topological polar surface area (TPSA) is 84.2 Å². The van der Waals surface area contributed by atoms with Crippen LogP contribution in [0.5, 0.6) is 0 Å². The largest absolute Gasteiger partial charge is 0.396 e. The number of aromatic nitrogens is 2. The Labute approximate surface area is 175 Å². The van der Waals surface area contributed by atoms with Crippen LogP contribution in [0.3, 0.4) is 0 Å². The molecule has 1 heterocycles. The molecule has 0 fully saturated rings. The number of benzene rings is 1. The van der Waals surface area contributed by atoms with Gasteiger partial charge >= 0.3 is 5.69 Å². The molecule has 7 heteroatoms. The number of carbonyl (C=O) groups is 1. The number of hydrogen-bond acceptors (Lipinski definition) is 5. The van der Waals surface area contributed by atoms with Crippen molar-refractivity contribution in [2.45, 2.75) is 63.4 Å². The number of amides is 1. The molecular weight excluding hydrogens is 386 g/mol. The van der Waals surface area contributed by atoms with Crippen molar-refractivity contribution in [2.75, 3.05) is 17.7 Å². The van der Waals surface area contributed by atoms with Crippen LogP contribution in [0.25, 0.3) is 0 Å². The van der Waals surface area contributed by atoms with Crippen LogP contribution < -0.4 is 11.0 Å². The summed E-state index contributed by atoms with van der Waals surface area (Å²) >= 11 is 1.33. The van der Waals surface area contributed by atoms with Crippen molar-refractivity contribution in [1.82, 2.24) is 9.55 Å². The van der Waals surface area contributed by atoms with E-state index in [-0.39, 0.29) is 24.0 Å². The molecule has 2 N–H and O–H groups in total. The summed E-state index contributed by atoms with van der Waals surface area (Å²) in [6.07, 6.45) is 4.38. The zero-order valence-corrected chi connectivity index (χ0v) is 17.9. The maximum Gasteiger partial charge on any atom is 0.348 e. The minimum absolute atomic E-state index is 0.0516. The first kappa shape index (κ1) is 21.6. The molecule has 1 aliphatic carbocycles. The summed E-state index contributed by atoms with van der Waals surface area (Å²) in [4.78, 5) is 29.1. The molecule has 0 aliphatic heterocycles.